The number of hydrogen-bond donors (Lipinski definition) is 2. The fourth-order valence-electron chi connectivity index (χ4n) is 7.11. The van der Waals surface area contributed by atoms with Crippen molar-refractivity contribution in [2.45, 2.75) is 251 Å². The van der Waals surface area contributed by atoms with Gasteiger partial charge in [0.15, 0.2) is 0 Å². The molecule has 8 nitrogen and oxygen atoms in total. The van der Waals surface area contributed by atoms with E-state index in [1.54, 1.807) is 0 Å². The van der Waals surface area contributed by atoms with E-state index in [0.29, 0.717) is 13.0 Å². The number of carbonyl (C=O) groups is 1. The molecule has 0 spiro atoms. The third-order valence-corrected chi connectivity index (χ3v) is 11.7. The van der Waals surface area contributed by atoms with Crippen LogP contribution in [0.25, 0.3) is 0 Å². The van der Waals surface area contributed by atoms with E-state index in [4.69, 9.17) is 24.3 Å². The number of esters is 1. The Bertz CT molecular complexity index is 873. The lowest BCUT2D eigenvalue weighted by atomic mass is 10.0. The van der Waals surface area contributed by atoms with Crippen LogP contribution in [0.5, 0.6) is 0 Å². The van der Waals surface area contributed by atoms with Crippen molar-refractivity contribution in [2.75, 3.05) is 33.0 Å². The first-order valence-corrected chi connectivity index (χ1v) is 25.7. The van der Waals surface area contributed by atoms with Gasteiger partial charge in [-0.2, -0.15) is 0 Å². The van der Waals surface area contributed by atoms with Gasteiger partial charge in [0.05, 0.1) is 19.8 Å². The molecule has 9 heteroatoms. The normalized spacial score (nSPS) is 13.4. The molecule has 2 atom stereocenters. The Morgan fingerprint density at radius 1 is 0.518 bits per heavy atom. The predicted octanol–water partition coefficient (Wildman–Crippen LogP) is 14.6. The van der Waals surface area contributed by atoms with Crippen LogP contribution in [0.3, 0.4) is 0 Å². The van der Waals surface area contributed by atoms with Crippen LogP contribution in [-0.4, -0.2) is 49.9 Å². The Kier molecular flexibility index (Phi) is 44.7. The minimum absolute atomic E-state index is 0.0936. The lowest BCUT2D eigenvalue weighted by Crippen LogP contribution is -2.28. The molecule has 0 aromatic carbocycles. The molecule has 0 aliphatic carbocycles. The molecule has 0 saturated carbocycles. The van der Waals surface area contributed by atoms with E-state index >= 15 is 0 Å². The Balaban J connectivity index is 3.88. The Labute approximate surface area is 347 Å². The number of unbranched alkanes of at least 4 members (excludes halogenated alkanes) is 32. The molecule has 0 aliphatic rings. The zero-order valence-corrected chi connectivity index (χ0v) is 38.0. The van der Waals surface area contributed by atoms with Crippen molar-refractivity contribution in [2.24, 2.45) is 5.73 Å². The minimum Gasteiger partial charge on any atom is -0.457 e. The summed E-state index contributed by atoms with van der Waals surface area (Å²) in [5, 5.41) is 0. The second kappa shape index (κ2) is 45.3. The molecule has 0 fully saturated rings. The molecule has 56 heavy (non-hydrogen) atoms. The van der Waals surface area contributed by atoms with Crippen molar-refractivity contribution < 1.29 is 32.8 Å². The molecule has 0 aromatic rings. The first kappa shape index (κ1) is 55.2. The van der Waals surface area contributed by atoms with Crippen LogP contribution in [0, 0.1) is 0 Å². The van der Waals surface area contributed by atoms with E-state index in [0.717, 1.165) is 44.9 Å². The van der Waals surface area contributed by atoms with Crippen molar-refractivity contribution in [1.29, 1.82) is 0 Å². The smallest absolute Gasteiger partial charge is 0.457 e. The van der Waals surface area contributed by atoms with Crippen LogP contribution in [0.15, 0.2) is 12.2 Å². The third-order valence-electron chi connectivity index (χ3n) is 10.7. The topological polar surface area (TPSA) is 117 Å². The highest BCUT2D eigenvalue weighted by Gasteiger charge is 2.25. The fraction of sp³-hybridized carbons (Fsp3) is 0.936. The van der Waals surface area contributed by atoms with E-state index in [2.05, 4.69) is 26.0 Å². The summed E-state index contributed by atoms with van der Waals surface area (Å²) in [5.41, 5.74) is 5.38. The molecule has 0 radical (unpaired) electrons. The molecule has 0 amide bonds. The molecule has 0 aliphatic heterocycles. The zero-order chi connectivity index (χ0) is 40.9. The number of nitrogens with two attached hydrogens (primary N) is 1. The summed E-state index contributed by atoms with van der Waals surface area (Å²) in [6.45, 7) is 4.96. The Morgan fingerprint density at radius 2 is 0.893 bits per heavy atom. The van der Waals surface area contributed by atoms with E-state index < -0.39 is 13.9 Å². The predicted molar refractivity (Wildman–Crippen MR) is 238 cm³/mol. The van der Waals surface area contributed by atoms with Crippen molar-refractivity contribution in [3.8, 4) is 0 Å². The summed E-state index contributed by atoms with van der Waals surface area (Å²) >= 11 is 0. The van der Waals surface area contributed by atoms with E-state index in [9.17, 15) is 14.3 Å². The Hall–Kier alpha value is -0.760. The summed E-state index contributed by atoms with van der Waals surface area (Å²) in [6, 6.07) is 0. The molecule has 2 unspecified atom stereocenters. The van der Waals surface area contributed by atoms with Crippen molar-refractivity contribution in [3.63, 3.8) is 0 Å². The molecular weight excluding hydrogens is 721 g/mol. The maximum atomic E-state index is 12.6. The largest absolute Gasteiger partial charge is 0.472 e. The molecule has 0 aromatic heterocycles. The number of rotatable bonds is 47. The lowest BCUT2D eigenvalue weighted by molar-refractivity contribution is -0.154. The Morgan fingerprint density at radius 3 is 1.30 bits per heavy atom. The van der Waals surface area contributed by atoms with E-state index in [1.807, 2.05) is 0 Å². The van der Waals surface area contributed by atoms with Crippen LogP contribution in [0.1, 0.15) is 245 Å². The molecule has 0 heterocycles. The monoisotopic (exact) mass is 816 g/mol. The van der Waals surface area contributed by atoms with Gasteiger partial charge in [-0.05, 0) is 38.5 Å². The number of hydrogen-bond acceptors (Lipinski definition) is 7. The third kappa shape index (κ3) is 44.3. The van der Waals surface area contributed by atoms with Gasteiger partial charge >= 0.3 is 13.8 Å². The highest BCUT2D eigenvalue weighted by atomic mass is 31.2. The highest BCUT2D eigenvalue weighted by molar-refractivity contribution is 7.47. The summed E-state index contributed by atoms with van der Waals surface area (Å²) in [5.74, 6) is -0.334. The van der Waals surface area contributed by atoms with Crippen molar-refractivity contribution in [1.82, 2.24) is 0 Å². The van der Waals surface area contributed by atoms with Gasteiger partial charge in [-0.3, -0.25) is 13.8 Å². The van der Waals surface area contributed by atoms with Gasteiger partial charge in [0, 0.05) is 19.6 Å². The zero-order valence-electron chi connectivity index (χ0n) is 37.1. The minimum atomic E-state index is -4.27. The maximum absolute atomic E-state index is 12.6. The van der Waals surface area contributed by atoms with Crippen LogP contribution in [0.2, 0.25) is 0 Å². The quantitative estimate of drug-likeness (QED) is 0.0270. The first-order valence-electron chi connectivity index (χ1n) is 24.2. The van der Waals surface area contributed by atoms with Crippen LogP contribution in [-0.2, 0) is 27.9 Å². The average Bonchev–Trinajstić information content (AvgIpc) is 3.19. The first-order chi connectivity index (χ1) is 27.4. The number of ether oxygens (including phenoxy) is 2. The van der Waals surface area contributed by atoms with Gasteiger partial charge in [0.2, 0.25) is 0 Å². The van der Waals surface area contributed by atoms with Crippen molar-refractivity contribution >= 4 is 13.8 Å². The van der Waals surface area contributed by atoms with Crippen molar-refractivity contribution in [3.05, 3.63) is 12.2 Å². The van der Waals surface area contributed by atoms with Crippen LogP contribution < -0.4 is 5.73 Å². The summed E-state index contributed by atoms with van der Waals surface area (Å²) < 4.78 is 33.5. The molecule has 0 rings (SSSR count). The molecular formula is C47H94NO7P. The SMILES string of the molecule is CCCCCCC/C=C\CCCCCCCC(=O)OC(COCCCCCCCCCCCCCCCCCCCCCCCCC)COP(=O)(O)OCCN. The van der Waals surface area contributed by atoms with Crippen LogP contribution >= 0.6 is 7.82 Å². The second-order valence-electron chi connectivity index (χ2n) is 16.3. The fourth-order valence-corrected chi connectivity index (χ4v) is 7.88. The lowest BCUT2D eigenvalue weighted by Gasteiger charge is -2.20. The second-order valence-corrected chi connectivity index (χ2v) is 17.8. The molecule has 334 valence electrons. The number of allylic oxidation sites excluding steroid dienone is 2. The average molecular weight is 816 g/mol. The van der Waals surface area contributed by atoms with Gasteiger partial charge in [0.25, 0.3) is 0 Å². The molecule has 0 bridgehead atoms. The van der Waals surface area contributed by atoms with Crippen LogP contribution in [0.4, 0.5) is 0 Å². The van der Waals surface area contributed by atoms with Gasteiger partial charge in [-0.25, -0.2) is 4.57 Å². The maximum Gasteiger partial charge on any atom is 0.472 e. The van der Waals surface area contributed by atoms with Gasteiger partial charge in [-0.1, -0.05) is 212 Å². The summed E-state index contributed by atoms with van der Waals surface area (Å²) in [6.07, 6.45) is 49.6. The standard InChI is InChI=1S/C47H94NO7P/c1-3-5-7-9-11-13-15-17-19-20-21-22-23-24-25-26-27-29-31-33-35-37-39-42-52-44-46(45-54-56(50,51)53-43-41-48)55-47(49)40-38-36-34-32-30-28-18-16-14-12-10-8-6-4-2/h16,18,46H,3-15,17,19-45,48H2,1-2H3,(H,50,51)/b18-16-. The summed E-state index contributed by atoms with van der Waals surface area (Å²) in [4.78, 5) is 22.5. The van der Waals surface area contributed by atoms with E-state index in [-0.39, 0.29) is 32.3 Å². The molecule has 0 saturated heterocycles. The van der Waals surface area contributed by atoms with Gasteiger partial charge in [0.1, 0.15) is 6.10 Å². The number of phosphoric acid groups is 1. The highest BCUT2D eigenvalue weighted by Crippen LogP contribution is 2.43. The molecule has 3 N–H and O–H groups in total. The van der Waals surface area contributed by atoms with Gasteiger partial charge in [-0.15, -0.1) is 0 Å². The summed E-state index contributed by atoms with van der Waals surface area (Å²) in [7, 11) is -4.27. The number of carbonyl (C=O) groups excluding carboxylic acids is 1. The van der Waals surface area contributed by atoms with Gasteiger partial charge < -0.3 is 20.1 Å². The number of phosphoric ester groups is 1. The van der Waals surface area contributed by atoms with E-state index in [1.165, 1.54) is 180 Å².